The molecule has 0 N–H and O–H groups in total. The van der Waals surface area contributed by atoms with Crippen LogP contribution in [0.4, 0.5) is 0 Å². The van der Waals surface area contributed by atoms with Crippen LogP contribution in [-0.4, -0.2) is 15.0 Å². The summed E-state index contributed by atoms with van der Waals surface area (Å²) in [5, 5.41) is 16.3. The average Bonchev–Trinajstić information content (AvgIpc) is 3.68. The molecule has 0 saturated heterocycles. The Kier molecular flexibility index (Phi) is 8.19. The summed E-state index contributed by atoms with van der Waals surface area (Å²) in [6.45, 7) is 0. The lowest BCUT2D eigenvalue weighted by atomic mass is 9.85. The molecule has 1 aliphatic carbocycles. The van der Waals surface area contributed by atoms with Crippen molar-refractivity contribution in [3.63, 3.8) is 0 Å². The van der Waals surface area contributed by atoms with Gasteiger partial charge in [0.05, 0.1) is 11.6 Å². The Balaban J connectivity index is 1.14. The van der Waals surface area contributed by atoms with E-state index in [1.807, 2.05) is 60.7 Å². The van der Waals surface area contributed by atoms with E-state index in [0.717, 1.165) is 66.1 Å². The number of nitriles is 1. The van der Waals surface area contributed by atoms with Crippen LogP contribution in [0.3, 0.4) is 0 Å². The van der Waals surface area contributed by atoms with Gasteiger partial charge in [0, 0.05) is 16.7 Å². The van der Waals surface area contributed by atoms with Crippen molar-refractivity contribution in [2.24, 2.45) is 0 Å². The summed E-state index contributed by atoms with van der Waals surface area (Å²) < 4.78 is 0. The van der Waals surface area contributed by atoms with E-state index in [0.29, 0.717) is 23.0 Å². The third-order valence-electron chi connectivity index (χ3n) is 12.3. The maximum Gasteiger partial charge on any atom is 0.165 e. The molecule has 4 nitrogen and oxygen atoms in total. The van der Waals surface area contributed by atoms with Gasteiger partial charge in [-0.15, -0.1) is 0 Å². The highest BCUT2D eigenvalue weighted by atomic mass is 15.0. The summed E-state index contributed by atoms with van der Waals surface area (Å²) in [7, 11) is 0. The molecule has 12 rings (SSSR count). The molecule has 11 aromatic rings. The van der Waals surface area contributed by atoms with E-state index in [1.54, 1.807) is 0 Å². The number of rotatable bonds is 6. The second-order valence-corrected chi connectivity index (χ2v) is 15.8. The van der Waals surface area contributed by atoms with E-state index >= 15 is 0 Å². The number of nitrogens with zero attached hydrogens (tertiary/aromatic N) is 4. The Bertz CT molecular complexity index is 3540. The van der Waals surface area contributed by atoms with Crippen LogP contribution in [-0.2, 0) is 0 Å². The fourth-order valence-electron chi connectivity index (χ4n) is 9.45. The highest BCUT2D eigenvalue weighted by Gasteiger charge is 2.26. The Morgan fingerprint density at radius 3 is 1.48 bits per heavy atom. The maximum atomic E-state index is 9.47. The van der Waals surface area contributed by atoms with Crippen molar-refractivity contribution < 1.29 is 0 Å². The molecule has 0 radical (unpaired) electrons. The van der Waals surface area contributed by atoms with Crippen molar-refractivity contribution in [3.8, 4) is 95.9 Å². The van der Waals surface area contributed by atoms with Crippen LogP contribution in [0, 0.1) is 11.3 Å². The molecule has 0 fully saturated rings. The zero-order valence-electron chi connectivity index (χ0n) is 33.4. The standard InChI is InChI=1S/C58H34N4/c59-35-36-25-27-37(28-26-36)40-18-11-19-41(33-40)44-29-30-49-45-21-9-10-22-46(45)50-31-32-51(53(44)54(49)50)47-23-12-24-48-52(47)34-42-17-7-8-20-43(42)55(48)58-61-56(38-13-3-1-4-14-38)60-57(62-58)39-15-5-2-6-16-39/h1-34H. The zero-order chi connectivity index (χ0) is 41.1. The predicted molar refractivity (Wildman–Crippen MR) is 254 cm³/mol. The summed E-state index contributed by atoms with van der Waals surface area (Å²) in [6.07, 6.45) is 0. The fourth-order valence-corrected chi connectivity index (χ4v) is 9.45. The van der Waals surface area contributed by atoms with Gasteiger partial charge in [-0.3, -0.25) is 0 Å². The topological polar surface area (TPSA) is 62.5 Å². The molecule has 4 heteroatoms. The average molecular weight is 787 g/mol. The molecule has 10 aromatic carbocycles. The van der Waals surface area contributed by atoms with Crippen LogP contribution < -0.4 is 0 Å². The van der Waals surface area contributed by atoms with Gasteiger partial charge in [0.1, 0.15) is 0 Å². The molecular formula is C58H34N4. The first kappa shape index (κ1) is 35.4. The largest absolute Gasteiger partial charge is 0.208 e. The molecular weight excluding hydrogens is 753 g/mol. The Morgan fingerprint density at radius 1 is 0.306 bits per heavy atom. The normalized spacial score (nSPS) is 11.5. The van der Waals surface area contributed by atoms with Crippen LogP contribution in [0.15, 0.2) is 206 Å². The lowest BCUT2D eigenvalue weighted by Crippen LogP contribution is -2.01. The van der Waals surface area contributed by atoms with Gasteiger partial charge in [-0.25, -0.2) is 15.0 Å². The van der Waals surface area contributed by atoms with Crippen LogP contribution in [0.1, 0.15) is 5.56 Å². The van der Waals surface area contributed by atoms with Gasteiger partial charge in [-0.1, -0.05) is 182 Å². The minimum atomic E-state index is 0.631. The van der Waals surface area contributed by atoms with Crippen molar-refractivity contribution >= 4 is 32.3 Å². The summed E-state index contributed by atoms with van der Waals surface area (Å²) >= 11 is 0. The van der Waals surface area contributed by atoms with E-state index in [2.05, 4.69) is 152 Å². The summed E-state index contributed by atoms with van der Waals surface area (Å²) in [4.78, 5) is 15.6. The SMILES string of the molecule is N#Cc1ccc(-c2cccc(-c3ccc4c5c(ccc(-c6cccc7c(-c8nc(-c9ccccc9)nc(-c9ccccc9)n8)c8ccccc8cc67)c35)-c3ccccc3-4)c2)cc1. The molecule has 0 amide bonds. The zero-order valence-corrected chi connectivity index (χ0v) is 33.4. The molecule has 0 aliphatic heterocycles. The summed E-state index contributed by atoms with van der Waals surface area (Å²) in [5.41, 5.74) is 15.3. The molecule has 1 aromatic heterocycles. The Hall–Kier alpha value is -8.52. The lowest BCUT2D eigenvalue weighted by Gasteiger charge is -2.18. The van der Waals surface area contributed by atoms with Crippen LogP contribution >= 0.6 is 0 Å². The van der Waals surface area contributed by atoms with Gasteiger partial charge in [0.25, 0.3) is 0 Å². The minimum Gasteiger partial charge on any atom is -0.208 e. The number of aromatic nitrogens is 3. The van der Waals surface area contributed by atoms with E-state index in [9.17, 15) is 5.26 Å². The Morgan fingerprint density at radius 2 is 0.806 bits per heavy atom. The third-order valence-corrected chi connectivity index (χ3v) is 12.3. The quantitative estimate of drug-likeness (QED) is 0.158. The number of fused-ring (bicyclic) bond motifs is 5. The van der Waals surface area contributed by atoms with Crippen molar-refractivity contribution in [2.75, 3.05) is 0 Å². The third kappa shape index (κ3) is 5.72. The molecule has 1 aliphatic rings. The predicted octanol–water partition coefficient (Wildman–Crippen LogP) is 14.9. The summed E-state index contributed by atoms with van der Waals surface area (Å²) in [6, 6.07) is 74.8. The molecule has 0 spiro atoms. The van der Waals surface area contributed by atoms with Gasteiger partial charge < -0.3 is 0 Å². The van der Waals surface area contributed by atoms with Gasteiger partial charge >= 0.3 is 0 Å². The second kappa shape index (κ2) is 14.3. The fraction of sp³-hybridized carbons (Fsp3) is 0. The maximum absolute atomic E-state index is 9.47. The van der Waals surface area contributed by atoms with Crippen molar-refractivity contribution in [1.82, 2.24) is 15.0 Å². The summed E-state index contributed by atoms with van der Waals surface area (Å²) in [5.74, 6) is 1.89. The first-order chi connectivity index (χ1) is 30.7. The molecule has 62 heavy (non-hydrogen) atoms. The second-order valence-electron chi connectivity index (χ2n) is 15.8. The number of hydrogen-bond acceptors (Lipinski definition) is 4. The molecule has 0 saturated carbocycles. The number of hydrogen-bond donors (Lipinski definition) is 0. The first-order valence-electron chi connectivity index (χ1n) is 20.8. The molecule has 1 heterocycles. The van der Waals surface area contributed by atoms with Crippen molar-refractivity contribution in [1.29, 1.82) is 5.26 Å². The van der Waals surface area contributed by atoms with Crippen LogP contribution in [0.2, 0.25) is 0 Å². The van der Waals surface area contributed by atoms with E-state index in [-0.39, 0.29) is 0 Å². The van der Waals surface area contributed by atoms with Crippen LogP contribution in [0.25, 0.3) is 122 Å². The molecule has 0 bridgehead atoms. The van der Waals surface area contributed by atoms with Gasteiger partial charge in [-0.2, -0.15) is 5.26 Å². The molecule has 0 atom stereocenters. The monoisotopic (exact) mass is 786 g/mol. The van der Waals surface area contributed by atoms with Gasteiger partial charge in [-0.05, 0) is 112 Å². The molecule has 0 unspecified atom stereocenters. The highest BCUT2D eigenvalue weighted by molar-refractivity contribution is 6.25. The highest BCUT2D eigenvalue weighted by Crippen LogP contribution is 2.53. The van der Waals surface area contributed by atoms with Gasteiger partial charge in [0.15, 0.2) is 17.5 Å². The molecule has 286 valence electrons. The van der Waals surface area contributed by atoms with E-state index in [4.69, 9.17) is 15.0 Å². The van der Waals surface area contributed by atoms with E-state index < -0.39 is 0 Å². The minimum absolute atomic E-state index is 0.631. The van der Waals surface area contributed by atoms with Crippen LogP contribution in [0.5, 0.6) is 0 Å². The van der Waals surface area contributed by atoms with E-state index in [1.165, 1.54) is 38.6 Å². The first-order valence-corrected chi connectivity index (χ1v) is 20.8. The smallest absolute Gasteiger partial charge is 0.165 e. The van der Waals surface area contributed by atoms with Crippen molar-refractivity contribution in [3.05, 3.63) is 212 Å². The van der Waals surface area contributed by atoms with Gasteiger partial charge in [0.2, 0.25) is 0 Å². The number of benzene rings is 10. The Labute approximate surface area is 358 Å². The van der Waals surface area contributed by atoms with Crippen molar-refractivity contribution in [2.45, 2.75) is 0 Å². The lowest BCUT2D eigenvalue weighted by molar-refractivity contribution is 1.08.